The van der Waals surface area contributed by atoms with Gasteiger partial charge in [-0.05, 0) is 36.8 Å². The molecule has 1 aromatic carbocycles. The number of hydrogen-bond donors (Lipinski definition) is 1. The predicted molar refractivity (Wildman–Crippen MR) is 76.9 cm³/mol. The van der Waals surface area contributed by atoms with Crippen molar-refractivity contribution in [1.29, 1.82) is 0 Å². The van der Waals surface area contributed by atoms with Crippen molar-refractivity contribution in [2.24, 2.45) is 0 Å². The van der Waals surface area contributed by atoms with E-state index in [0.29, 0.717) is 19.8 Å². The lowest BCUT2D eigenvalue weighted by atomic mass is 10.1. The maximum absolute atomic E-state index is 12.9. The molecular formula is C16H17FN2O2. The molecule has 3 rings (SSSR count). The number of nitrogens with one attached hydrogen (secondary N) is 1. The molecule has 0 saturated heterocycles. The molecule has 1 atom stereocenters. The summed E-state index contributed by atoms with van der Waals surface area (Å²) < 4.78 is 23.9. The molecule has 1 aliphatic rings. The molecule has 21 heavy (non-hydrogen) atoms. The van der Waals surface area contributed by atoms with E-state index in [4.69, 9.17) is 9.47 Å². The molecule has 0 amide bonds. The highest BCUT2D eigenvalue weighted by Gasteiger charge is 2.12. The molecule has 110 valence electrons. The largest absolute Gasteiger partial charge is 0.486 e. The number of aromatic nitrogens is 1. The molecule has 1 aromatic heterocycles. The summed E-state index contributed by atoms with van der Waals surface area (Å²) in [6.07, 6.45) is 1.23. The number of benzene rings is 1. The first-order valence-corrected chi connectivity index (χ1v) is 6.96. The summed E-state index contributed by atoms with van der Waals surface area (Å²) in [5.74, 6) is 1.25. The number of halogens is 1. The summed E-state index contributed by atoms with van der Waals surface area (Å²) in [6.45, 7) is 3.85. The fourth-order valence-corrected chi connectivity index (χ4v) is 2.22. The molecule has 2 heterocycles. The van der Waals surface area contributed by atoms with Gasteiger partial charge in [0, 0.05) is 12.6 Å². The van der Waals surface area contributed by atoms with Gasteiger partial charge < -0.3 is 14.8 Å². The van der Waals surface area contributed by atoms with E-state index in [9.17, 15) is 4.39 Å². The van der Waals surface area contributed by atoms with Gasteiger partial charge in [-0.2, -0.15) is 0 Å². The Bertz CT molecular complexity index is 616. The maximum Gasteiger partial charge on any atom is 0.161 e. The van der Waals surface area contributed by atoms with Crippen LogP contribution >= 0.6 is 0 Å². The average molecular weight is 288 g/mol. The lowest BCUT2D eigenvalue weighted by Crippen LogP contribution is -2.20. The molecule has 0 radical (unpaired) electrons. The van der Waals surface area contributed by atoms with E-state index in [2.05, 4.69) is 10.3 Å². The topological polar surface area (TPSA) is 43.4 Å². The normalized spacial score (nSPS) is 14.8. The van der Waals surface area contributed by atoms with Crippen LogP contribution in [0.2, 0.25) is 0 Å². The third-order valence-corrected chi connectivity index (χ3v) is 3.41. The van der Waals surface area contributed by atoms with Gasteiger partial charge >= 0.3 is 0 Å². The Morgan fingerprint density at radius 3 is 2.76 bits per heavy atom. The molecule has 0 saturated carbocycles. The van der Waals surface area contributed by atoms with E-state index in [0.717, 1.165) is 22.8 Å². The van der Waals surface area contributed by atoms with Crippen molar-refractivity contribution in [2.75, 3.05) is 13.2 Å². The van der Waals surface area contributed by atoms with Gasteiger partial charge in [-0.15, -0.1) is 0 Å². The van der Waals surface area contributed by atoms with Crippen LogP contribution in [-0.4, -0.2) is 18.2 Å². The second-order valence-corrected chi connectivity index (χ2v) is 4.98. The van der Waals surface area contributed by atoms with Crippen LogP contribution in [0.25, 0.3) is 0 Å². The molecule has 0 bridgehead atoms. The zero-order chi connectivity index (χ0) is 14.7. The lowest BCUT2D eigenvalue weighted by molar-refractivity contribution is 0.171. The van der Waals surface area contributed by atoms with Gasteiger partial charge in [0.2, 0.25) is 0 Å². The Hall–Kier alpha value is -2.14. The van der Waals surface area contributed by atoms with Gasteiger partial charge in [-0.3, -0.25) is 4.98 Å². The van der Waals surface area contributed by atoms with Crippen molar-refractivity contribution in [2.45, 2.75) is 19.5 Å². The van der Waals surface area contributed by atoms with Crippen molar-refractivity contribution < 1.29 is 13.9 Å². The van der Waals surface area contributed by atoms with Crippen LogP contribution in [0.5, 0.6) is 11.5 Å². The SMILES string of the molecule is CC(NCc1ccc2c(c1)OCCO2)c1ccc(F)cn1. The minimum Gasteiger partial charge on any atom is -0.486 e. The van der Waals surface area contributed by atoms with Crippen molar-refractivity contribution in [3.05, 3.63) is 53.6 Å². The fourth-order valence-electron chi connectivity index (χ4n) is 2.22. The van der Waals surface area contributed by atoms with Gasteiger partial charge in [0.25, 0.3) is 0 Å². The molecule has 5 heteroatoms. The standard InChI is InChI=1S/C16H17FN2O2/c1-11(14-4-3-13(17)10-19-14)18-9-12-2-5-15-16(8-12)21-7-6-20-15/h2-5,8,10-11,18H,6-7,9H2,1H3. The summed E-state index contributed by atoms with van der Waals surface area (Å²) in [6, 6.07) is 9.06. The molecular weight excluding hydrogens is 271 g/mol. The number of rotatable bonds is 4. The third kappa shape index (κ3) is 3.31. The highest BCUT2D eigenvalue weighted by molar-refractivity contribution is 5.43. The first kappa shape index (κ1) is 13.8. The van der Waals surface area contributed by atoms with Gasteiger partial charge in [-0.25, -0.2) is 4.39 Å². The van der Waals surface area contributed by atoms with Crippen molar-refractivity contribution in [1.82, 2.24) is 10.3 Å². The van der Waals surface area contributed by atoms with Crippen LogP contribution in [-0.2, 0) is 6.54 Å². The molecule has 0 spiro atoms. The molecule has 1 N–H and O–H groups in total. The number of fused-ring (bicyclic) bond motifs is 1. The lowest BCUT2D eigenvalue weighted by Gasteiger charge is -2.19. The Balaban J connectivity index is 1.63. The smallest absolute Gasteiger partial charge is 0.161 e. The Labute approximate surface area is 122 Å². The molecule has 0 fully saturated rings. The fraction of sp³-hybridized carbons (Fsp3) is 0.312. The Kier molecular flexibility index (Phi) is 4.01. The van der Waals surface area contributed by atoms with Crippen LogP contribution in [0.4, 0.5) is 4.39 Å². The first-order chi connectivity index (χ1) is 10.2. The number of hydrogen-bond acceptors (Lipinski definition) is 4. The van der Waals surface area contributed by atoms with Gasteiger partial charge in [-0.1, -0.05) is 6.07 Å². The van der Waals surface area contributed by atoms with E-state index < -0.39 is 0 Å². The minimum atomic E-state index is -0.321. The second kappa shape index (κ2) is 6.10. The molecule has 1 aliphatic heterocycles. The van der Waals surface area contributed by atoms with Gasteiger partial charge in [0.15, 0.2) is 11.5 Å². The van der Waals surface area contributed by atoms with Crippen molar-refractivity contribution in [3.8, 4) is 11.5 Å². The number of pyridine rings is 1. The molecule has 4 nitrogen and oxygen atoms in total. The Morgan fingerprint density at radius 2 is 2.00 bits per heavy atom. The summed E-state index contributed by atoms with van der Waals surface area (Å²) in [7, 11) is 0. The summed E-state index contributed by atoms with van der Waals surface area (Å²) in [4.78, 5) is 4.08. The zero-order valence-electron chi connectivity index (χ0n) is 11.8. The maximum atomic E-state index is 12.9. The van der Waals surface area contributed by atoms with Crippen LogP contribution in [0, 0.1) is 5.82 Å². The highest BCUT2D eigenvalue weighted by Crippen LogP contribution is 2.30. The van der Waals surface area contributed by atoms with E-state index in [1.807, 2.05) is 25.1 Å². The third-order valence-electron chi connectivity index (χ3n) is 3.41. The highest BCUT2D eigenvalue weighted by atomic mass is 19.1. The number of nitrogens with zero attached hydrogens (tertiary/aromatic N) is 1. The summed E-state index contributed by atoms with van der Waals surface area (Å²) >= 11 is 0. The number of ether oxygens (including phenoxy) is 2. The van der Waals surface area contributed by atoms with Crippen LogP contribution in [0.1, 0.15) is 24.2 Å². The molecule has 2 aromatic rings. The second-order valence-electron chi connectivity index (χ2n) is 4.98. The van der Waals surface area contributed by atoms with Crippen LogP contribution in [0.3, 0.4) is 0 Å². The van der Waals surface area contributed by atoms with E-state index >= 15 is 0 Å². The minimum absolute atomic E-state index is 0.0406. The van der Waals surface area contributed by atoms with E-state index in [1.54, 1.807) is 6.07 Å². The first-order valence-electron chi connectivity index (χ1n) is 6.96. The predicted octanol–water partition coefficient (Wildman–Crippen LogP) is 2.84. The van der Waals surface area contributed by atoms with Crippen LogP contribution in [0.15, 0.2) is 36.5 Å². The molecule has 1 unspecified atom stereocenters. The van der Waals surface area contributed by atoms with Crippen molar-refractivity contribution >= 4 is 0 Å². The quantitative estimate of drug-likeness (QED) is 0.939. The van der Waals surface area contributed by atoms with Crippen molar-refractivity contribution in [3.63, 3.8) is 0 Å². The summed E-state index contributed by atoms with van der Waals surface area (Å²) in [5, 5.41) is 3.36. The van der Waals surface area contributed by atoms with Gasteiger partial charge in [0.05, 0.1) is 11.9 Å². The van der Waals surface area contributed by atoms with Crippen LogP contribution < -0.4 is 14.8 Å². The van der Waals surface area contributed by atoms with E-state index in [-0.39, 0.29) is 11.9 Å². The summed E-state index contributed by atoms with van der Waals surface area (Å²) in [5.41, 5.74) is 1.92. The molecule has 0 aliphatic carbocycles. The average Bonchev–Trinajstić information content (AvgIpc) is 2.53. The zero-order valence-corrected chi connectivity index (χ0v) is 11.8. The van der Waals surface area contributed by atoms with Gasteiger partial charge in [0.1, 0.15) is 19.0 Å². The van der Waals surface area contributed by atoms with E-state index in [1.165, 1.54) is 12.3 Å². The monoisotopic (exact) mass is 288 g/mol. The Morgan fingerprint density at radius 1 is 1.19 bits per heavy atom.